The molecule has 3 rings (SSSR count). The van der Waals surface area contributed by atoms with Gasteiger partial charge in [-0.2, -0.15) is 5.26 Å². The molecule has 0 amide bonds. The van der Waals surface area contributed by atoms with Gasteiger partial charge in [-0.1, -0.05) is 6.07 Å². The molecule has 0 atom stereocenters. The van der Waals surface area contributed by atoms with Crippen LogP contribution in [0.2, 0.25) is 0 Å². The van der Waals surface area contributed by atoms with Crippen molar-refractivity contribution < 1.29 is 4.39 Å². The second-order valence-electron chi connectivity index (χ2n) is 4.06. The first-order valence-corrected chi connectivity index (χ1v) is 6.42. The van der Waals surface area contributed by atoms with Gasteiger partial charge in [0.2, 0.25) is 0 Å². The van der Waals surface area contributed by atoms with Gasteiger partial charge >= 0.3 is 0 Å². The van der Waals surface area contributed by atoms with Gasteiger partial charge in [0.05, 0.1) is 5.69 Å². The number of nitriles is 1. The molecule has 2 aromatic heterocycles. The van der Waals surface area contributed by atoms with Gasteiger partial charge in [0.1, 0.15) is 18.2 Å². The molecule has 0 aliphatic rings. The van der Waals surface area contributed by atoms with Crippen LogP contribution in [0.15, 0.2) is 30.6 Å². The van der Waals surface area contributed by atoms with Gasteiger partial charge in [0.15, 0.2) is 5.69 Å². The van der Waals surface area contributed by atoms with Gasteiger partial charge in [-0.05, 0) is 25.1 Å². The molecule has 0 spiro atoms. The van der Waals surface area contributed by atoms with E-state index in [2.05, 4.69) is 16.0 Å². The van der Waals surface area contributed by atoms with Crippen LogP contribution in [-0.4, -0.2) is 9.97 Å². The summed E-state index contributed by atoms with van der Waals surface area (Å²) in [5.74, 6) is -0.256. The van der Waals surface area contributed by atoms with Crippen LogP contribution in [-0.2, 0) is 0 Å². The third kappa shape index (κ3) is 1.86. The fraction of sp³-hybridized carbons (Fsp3) is 0.0714. The minimum absolute atomic E-state index is 0.256. The van der Waals surface area contributed by atoms with Crippen LogP contribution >= 0.6 is 11.3 Å². The number of fused-ring (bicyclic) bond motifs is 1. The summed E-state index contributed by atoms with van der Waals surface area (Å²) < 4.78 is 14.6. The molecule has 0 saturated heterocycles. The fourth-order valence-electron chi connectivity index (χ4n) is 2.00. The van der Waals surface area contributed by atoms with E-state index in [1.165, 1.54) is 23.7 Å². The third-order valence-corrected chi connectivity index (χ3v) is 4.02. The number of hydrogen-bond donors (Lipinski definition) is 0. The van der Waals surface area contributed by atoms with Crippen molar-refractivity contribution in [3.05, 3.63) is 47.8 Å². The van der Waals surface area contributed by atoms with Crippen molar-refractivity contribution in [3.63, 3.8) is 0 Å². The molecule has 5 heteroatoms. The molecule has 0 fully saturated rings. The van der Waals surface area contributed by atoms with Crippen LogP contribution in [0.4, 0.5) is 4.39 Å². The Kier molecular flexibility index (Phi) is 2.73. The van der Waals surface area contributed by atoms with Gasteiger partial charge < -0.3 is 0 Å². The largest absolute Gasteiger partial charge is 0.241 e. The summed E-state index contributed by atoms with van der Waals surface area (Å²) >= 11 is 1.44. The van der Waals surface area contributed by atoms with E-state index in [1.54, 1.807) is 12.1 Å². The monoisotopic (exact) mass is 269 g/mol. The number of benzene rings is 1. The average molecular weight is 269 g/mol. The first-order valence-electron chi connectivity index (χ1n) is 5.61. The van der Waals surface area contributed by atoms with Gasteiger partial charge in [-0.3, -0.25) is 0 Å². The van der Waals surface area contributed by atoms with E-state index >= 15 is 0 Å². The highest BCUT2D eigenvalue weighted by atomic mass is 32.1. The van der Waals surface area contributed by atoms with E-state index in [-0.39, 0.29) is 5.82 Å². The Labute approximate surface area is 113 Å². The Balaban J connectivity index is 2.32. The zero-order chi connectivity index (χ0) is 13.4. The van der Waals surface area contributed by atoms with Crippen molar-refractivity contribution in [1.29, 1.82) is 5.26 Å². The quantitative estimate of drug-likeness (QED) is 0.677. The van der Waals surface area contributed by atoms with E-state index in [1.807, 2.05) is 13.0 Å². The number of nitrogens with zero attached hydrogens (tertiary/aromatic N) is 3. The van der Waals surface area contributed by atoms with Gasteiger partial charge in [0.25, 0.3) is 0 Å². The van der Waals surface area contributed by atoms with Crippen molar-refractivity contribution in [3.8, 4) is 16.5 Å². The summed E-state index contributed by atoms with van der Waals surface area (Å²) in [5, 5.41) is 9.69. The van der Waals surface area contributed by atoms with Gasteiger partial charge in [-0.15, -0.1) is 11.3 Å². The Morgan fingerprint density at radius 1 is 1.32 bits per heavy atom. The summed E-state index contributed by atoms with van der Waals surface area (Å²) in [7, 11) is 0. The topological polar surface area (TPSA) is 49.6 Å². The number of halogens is 1. The standard InChI is InChI=1S/C14H8FN3S/c1-8-14(11(6-16)18-7-17-8)13-5-9-10(15)3-2-4-12(9)19-13/h2-5,7H,1H3. The van der Waals surface area contributed by atoms with Crippen LogP contribution < -0.4 is 0 Å². The highest BCUT2D eigenvalue weighted by Crippen LogP contribution is 2.36. The number of rotatable bonds is 1. The molecule has 0 bridgehead atoms. The van der Waals surface area contributed by atoms with Crippen molar-refractivity contribution in [2.45, 2.75) is 6.92 Å². The Morgan fingerprint density at radius 3 is 2.89 bits per heavy atom. The van der Waals surface area contributed by atoms with Crippen LogP contribution in [0.25, 0.3) is 20.5 Å². The van der Waals surface area contributed by atoms with E-state index in [0.29, 0.717) is 16.6 Å². The minimum atomic E-state index is -0.256. The molecule has 0 aliphatic heterocycles. The number of hydrogen-bond acceptors (Lipinski definition) is 4. The molecule has 1 aromatic carbocycles. The van der Waals surface area contributed by atoms with E-state index in [9.17, 15) is 4.39 Å². The molecule has 0 aliphatic carbocycles. The second kappa shape index (κ2) is 4.41. The lowest BCUT2D eigenvalue weighted by molar-refractivity contribution is 0.640. The summed E-state index contributed by atoms with van der Waals surface area (Å²) in [6, 6.07) is 8.77. The molecule has 0 N–H and O–H groups in total. The molecule has 0 radical (unpaired) electrons. The van der Waals surface area contributed by atoms with Crippen molar-refractivity contribution in [1.82, 2.24) is 9.97 Å². The Bertz CT molecular complexity index is 817. The Morgan fingerprint density at radius 2 is 2.16 bits per heavy atom. The highest BCUT2D eigenvalue weighted by Gasteiger charge is 2.14. The zero-order valence-electron chi connectivity index (χ0n) is 10.0. The van der Waals surface area contributed by atoms with Crippen LogP contribution in [0.3, 0.4) is 0 Å². The molecule has 0 unspecified atom stereocenters. The Hall–Kier alpha value is -2.32. The summed E-state index contributed by atoms with van der Waals surface area (Å²) in [4.78, 5) is 8.89. The second-order valence-corrected chi connectivity index (χ2v) is 5.14. The van der Waals surface area contributed by atoms with E-state index in [4.69, 9.17) is 5.26 Å². The average Bonchev–Trinajstić information content (AvgIpc) is 2.83. The molecule has 3 aromatic rings. The van der Waals surface area contributed by atoms with Crippen molar-refractivity contribution in [2.75, 3.05) is 0 Å². The smallest absolute Gasteiger partial charge is 0.152 e. The van der Waals surface area contributed by atoms with Crippen LogP contribution in [0.1, 0.15) is 11.4 Å². The van der Waals surface area contributed by atoms with Gasteiger partial charge in [-0.25, -0.2) is 14.4 Å². The SMILES string of the molecule is Cc1ncnc(C#N)c1-c1cc2c(F)cccc2s1. The summed E-state index contributed by atoms with van der Waals surface area (Å²) in [5.41, 5.74) is 1.73. The molecule has 2 heterocycles. The summed E-state index contributed by atoms with van der Waals surface area (Å²) in [6.45, 7) is 1.82. The predicted molar refractivity (Wildman–Crippen MR) is 72.3 cm³/mol. The normalized spacial score (nSPS) is 10.6. The predicted octanol–water partition coefficient (Wildman–Crippen LogP) is 3.68. The lowest BCUT2D eigenvalue weighted by Gasteiger charge is -2.02. The molecule has 3 nitrogen and oxygen atoms in total. The molecular weight excluding hydrogens is 261 g/mol. The van der Waals surface area contributed by atoms with E-state index < -0.39 is 0 Å². The number of aromatic nitrogens is 2. The fourth-order valence-corrected chi connectivity index (χ4v) is 3.18. The third-order valence-electron chi connectivity index (χ3n) is 2.90. The lowest BCUT2D eigenvalue weighted by atomic mass is 10.1. The molecule has 92 valence electrons. The van der Waals surface area contributed by atoms with Gasteiger partial charge in [0, 0.05) is 20.5 Å². The van der Waals surface area contributed by atoms with Crippen molar-refractivity contribution >= 4 is 21.4 Å². The molecule has 0 saturated carbocycles. The van der Waals surface area contributed by atoms with E-state index in [0.717, 1.165) is 15.3 Å². The highest BCUT2D eigenvalue weighted by molar-refractivity contribution is 7.22. The van der Waals surface area contributed by atoms with Crippen LogP contribution in [0.5, 0.6) is 0 Å². The molecular formula is C14H8FN3S. The van der Waals surface area contributed by atoms with Crippen LogP contribution in [0, 0.1) is 24.1 Å². The maximum absolute atomic E-state index is 13.7. The summed E-state index contributed by atoms with van der Waals surface area (Å²) in [6.07, 6.45) is 1.37. The number of aryl methyl sites for hydroxylation is 1. The maximum Gasteiger partial charge on any atom is 0.152 e. The minimum Gasteiger partial charge on any atom is -0.241 e. The number of thiophene rings is 1. The maximum atomic E-state index is 13.7. The van der Waals surface area contributed by atoms with Crippen molar-refractivity contribution in [2.24, 2.45) is 0 Å². The first-order chi connectivity index (χ1) is 9.20. The zero-order valence-corrected chi connectivity index (χ0v) is 10.8. The lowest BCUT2D eigenvalue weighted by Crippen LogP contribution is -1.93. The first kappa shape index (κ1) is 11.8. The molecule has 19 heavy (non-hydrogen) atoms.